The molecule has 14 heteroatoms. The number of anilines is 2. The molecule has 2 aliphatic carbocycles. The predicted molar refractivity (Wildman–Crippen MR) is 173 cm³/mol. The van der Waals surface area contributed by atoms with E-state index in [1.54, 1.807) is 0 Å². The molecule has 0 saturated heterocycles. The number of hydrogen-bond acceptors (Lipinski definition) is 4. The van der Waals surface area contributed by atoms with Gasteiger partial charge in [-0.15, -0.1) is 0 Å². The molecule has 270 valence electrons. The number of ether oxygens (including phenoxy) is 1. The second-order valence-electron chi connectivity index (χ2n) is 13.0. The van der Waals surface area contributed by atoms with Gasteiger partial charge in [0.05, 0.1) is 23.1 Å². The first-order chi connectivity index (χ1) is 23.2. The number of rotatable bonds is 12. The van der Waals surface area contributed by atoms with Crippen molar-refractivity contribution in [3.8, 4) is 0 Å². The molecule has 2 aromatic carbocycles. The normalized spacial score (nSPS) is 22.4. The zero-order valence-corrected chi connectivity index (χ0v) is 27.4. The predicted octanol–water partition coefficient (Wildman–Crippen LogP) is 9.28. The van der Waals surface area contributed by atoms with Crippen molar-refractivity contribution in [1.29, 1.82) is 0 Å². The maximum absolute atomic E-state index is 13.6. The van der Waals surface area contributed by atoms with Gasteiger partial charge < -0.3 is 26.0 Å². The molecule has 0 bridgehead atoms. The van der Waals surface area contributed by atoms with Crippen LogP contribution in [0, 0.1) is 11.3 Å². The average Bonchev–Trinajstić information content (AvgIpc) is 3.03. The molecule has 2 aromatic rings. The van der Waals surface area contributed by atoms with Gasteiger partial charge in [-0.2, -0.15) is 26.3 Å². The van der Waals surface area contributed by atoms with Gasteiger partial charge in [-0.3, -0.25) is 4.79 Å². The Kier molecular flexibility index (Phi) is 12.8. The van der Waals surface area contributed by atoms with Crippen molar-refractivity contribution >= 4 is 29.4 Å². The van der Waals surface area contributed by atoms with Crippen LogP contribution in [0.3, 0.4) is 0 Å². The summed E-state index contributed by atoms with van der Waals surface area (Å²) in [5, 5.41) is 10.9. The molecule has 2 unspecified atom stereocenters. The lowest BCUT2D eigenvalue weighted by molar-refractivity contribution is -0.166. The van der Waals surface area contributed by atoms with Crippen molar-refractivity contribution in [2.45, 2.75) is 108 Å². The largest absolute Gasteiger partial charge is 0.465 e. The van der Waals surface area contributed by atoms with Crippen LogP contribution in [0.5, 0.6) is 0 Å². The van der Waals surface area contributed by atoms with Gasteiger partial charge in [-0.25, -0.2) is 9.59 Å². The number of esters is 1. The maximum Gasteiger partial charge on any atom is 0.416 e. The minimum Gasteiger partial charge on any atom is -0.465 e. The summed E-state index contributed by atoms with van der Waals surface area (Å²) in [5.74, 6) is -0.550. The molecule has 2 aliphatic rings. The molecule has 2 fully saturated rings. The monoisotopic (exact) mass is 698 g/mol. The van der Waals surface area contributed by atoms with E-state index in [9.17, 15) is 40.7 Å². The number of nitrogens with one attached hydrogen (secondary N) is 4. The van der Waals surface area contributed by atoms with Gasteiger partial charge in [0.1, 0.15) is 0 Å². The third kappa shape index (κ3) is 10.8. The highest BCUT2D eigenvalue weighted by Gasteiger charge is 2.53. The SMILES string of the molecule is CCCCCCCCOC(=O)C12CC[C@@H](NC(=O)Nc3ccc(C(F)(F)F)cc3)CC1C[C@@H](NC(=O)Nc1ccc(C(F)(F)F)cc1)CC2. The van der Waals surface area contributed by atoms with Crippen molar-refractivity contribution in [2.24, 2.45) is 11.3 Å². The minimum absolute atomic E-state index is 0.190. The summed E-state index contributed by atoms with van der Waals surface area (Å²) in [6, 6.07) is 6.31. The van der Waals surface area contributed by atoms with E-state index in [0.29, 0.717) is 45.1 Å². The van der Waals surface area contributed by atoms with Gasteiger partial charge >= 0.3 is 30.4 Å². The van der Waals surface area contributed by atoms with Crippen LogP contribution in [0.2, 0.25) is 0 Å². The highest BCUT2D eigenvalue weighted by atomic mass is 19.4. The van der Waals surface area contributed by atoms with Crippen LogP contribution >= 0.6 is 0 Å². The van der Waals surface area contributed by atoms with Crippen molar-refractivity contribution in [2.75, 3.05) is 17.2 Å². The Morgan fingerprint density at radius 2 is 1.12 bits per heavy atom. The van der Waals surface area contributed by atoms with E-state index >= 15 is 0 Å². The van der Waals surface area contributed by atoms with Gasteiger partial charge in [-0.1, -0.05) is 39.0 Å². The zero-order valence-electron chi connectivity index (χ0n) is 27.4. The quantitative estimate of drug-likeness (QED) is 0.101. The average molecular weight is 699 g/mol. The number of hydrogen-bond donors (Lipinski definition) is 4. The molecule has 0 aliphatic heterocycles. The first-order valence-corrected chi connectivity index (χ1v) is 16.9. The fraction of sp³-hybridized carbons (Fsp3) is 0.571. The minimum atomic E-state index is -4.50. The number of urea groups is 2. The van der Waals surface area contributed by atoms with Crippen molar-refractivity contribution in [3.05, 3.63) is 59.7 Å². The molecule has 4 amide bonds. The van der Waals surface area contributed by atoms with Gasteiger partial charge in [0.15, 0.2) is 0 Å². The maximum atomic E-state index is 13.6. The number of carbonyl (C=O) groups is 3. The molecule has 4 N–H and O–H groups in total. The van der Waals surface area contributed by atoms with Gasteiger partial charge in [-0.05, 0) is 99.4 Å². The standard InChI is InChI=1S/C35H44F6N4O4/c1-2-3-4-5-6-7-20-49-30(46)33-18-16-28(44-31(47)42-26-12-8-23(9-13-26)34(36,37)38)21-25(33)22-29(17-19-33)45-32(48)43-27-14-10-24(11-15-27)35(39,40)41/h8-15,25,28-29H,2-7,16-22H2,1H3,(H2,42,44,47)(H2,43,45,48)/t25?,28-,29+,33?. The summed E-state index contributed by atoms with van der Waals surface area (Å²) in [7, 11) is 0. The fourth-order valence-corrected chi connectivity index (χ4v) is 6.88. The van der Waals surface area contributed by atoms with Crippen LogP contribution in [-0.2, 0) is 21.9 Å². The summed E-state index contributed by atoms with van der Waals surface area (Å²) in [6.07, 6.45) is -0.0874. The van der Waals surface area contributed by atoms with E-state index in [2.05, 4.69) is 28.2 Å². The number of alkyl halides is 6. The molecule has 4 rings (SSSR count). The molecule has 8 nitrogen and oxygen atoms in total. The third-order valence-corrected chi connectivity index (χ3v) is 9.55. The van der Waals surface area contributed by atoms with Gasteiger partial charge in [0, 0.05) is 23.5 Å². The zero-order chi connectivity index (χ0) is 35.7. The molecule has 2 saturated carbocycles. The Morgan fingerprint density at radius 3 is 1.55 bits per heavy atom. The first-order valence-electron chi connectivity index (χ1n) is 16.9. The molecule has 0 heterocycles. The number of carbonyl (C=O) groups excluding carboxylic acids is 3. The summed E-state index contributed by atoms with van der Waals surface area (Å²) < 4.78 is 83.3. The number of halogens is 6. The Hall–Kier alpha value is -3.97. The van der Waals surface area contributed by atoms with Crippen LogP contribution in [-0.4, -0.2) is 36.7 Å². The van der Waals surface area contributed by atoms with Crippen LogP contribution in [0.25, 0.3) is 0 Å². The van der Waals surface area contributed by atoms with Gasteiger partial charge in [0.25, 0.3) is 0 Å². The Morgan fingerprint density at radius 1 is 0.694 bits per heavy atom. The Labute approximate surface area is 282 Å². The number of benzene rings is 2. The molecule has 49 heavy (non-hydrogen) atoms. The smallest absolute Gasteiger partial charge is 0.416 e. The molecule has 0 radical (unpaired) electrons. The van der Waals surface area contributed by atoms with Crippen LogP contribution in [0.1, 0.15) is 95.1 Å². The molecular weight excluding hydrogens is 654 g/mol. The fourth-order valence-electron chi connectivity index (χ4n) is 6.88. The molecule has 0 aromatic heterocycles. The molecule has 4 atom stereocenters. The number of fused-ring (bicyclic) bond motifs is 1. The highest BCUT2D eigenvalue weighted by molar-refractivity contribution is 5.90. The van der Waals surface area contributed by atoms with Crippen molar-refractivity contribution in [1.82, 2.24) is 10.6 Å². The lowest BCUT2D eigenvalue weighted by Crippen LogP contribution is -2.55. The van der Waals surface area contributed by atoms with E-state index < -0.39 is 41.0 Å². The van der Waals surface area contributed by atoms with Crippen LogP contribution in [0.15, 0.2) is 48.5 Å². The first kappa shape index (κ1) is 37.8. The lowest BCUT2D eigenvalue weighted by atomic mass is 9.57. The molecule has 0 spiro atoms. The molecular formula is C35H44F6N4O4. The second-order valence-corrected chi connectivity index (χ2v) is 13.0. The van der Waals surface area contributed by atoms with E-state index in [1.807, 2.05) is 0 Å². The summed E-state index contributed by atoms with van der Waals surface area (Å²) >= 11 is 0. The van der Waals surface area contributed by atoms with E-state index in [1.165, 1.54) is 30.7 Å². The summed E-state index contributed by atoms with van der Waals surface area (Å²) in [5.41, 5.74) is -2.09. The lowest BCUT2D eigenvalue weighted by Gasteiger charge is -2.49. The van der Waals surface area contributed by atoms with Crippen LogP contribution < -0.4 is 21.3 Å². The summed E-state index contributed by atoms with van der Waals surface area (Å²) in [4.78, 5) is 39.2. The number of unbranched alkanes of at least 4 members (excludes halogenated alkanes) is 5. The van der Waals surface area contributed by atoms with Crippen molar-refractivity contribution < 1.29 is 45.5 Å². The Balaban J connectivity index is 1.37. The van der Waals surface area contributed by atoms with E-state index in [0.717, 1.165) is 56.4 Å². The third-order valence-electron chi connectivity index (χ3n) is 9.55. The second kappa shape index (κ2) is 16.6. The summed E-state index contributed by atoms with van der Waals surface area (Å²) in [6.45, 7) is 2.46. The van der Waals surface area contributed by atoms with E-state index in [-0.39, 0.29) is 35.3 Å². The Bertz CT molecular complexity index is 1310. The highest BCUT2D eigenvalue weighted by Crippen LogP contribution is 2.51. The topological polar surface area (TPSA) is 109 Å². The number of amides is 4. The van der Waals surface area contributed by atoms with Crippen molar-refractivity contribution in [3.63, 3.8) is 0 Å². The van der Waals surface area contributed by atoms with Crippen LogP contribution in [0.4, 0.5) is 47.3 Å². The van der Waals surface area contributed by atoms with Gasteiger partial charge in [0.2, 0.25) is 0 Å². The van der Waals surface area contributed by atoms with E-state index in [4.69, 9.17) is 4.74 Å².